The number of ether oxygens (including phenoxy) is 1. The molecular weight excluding hydrogens is 485 g/mol. The van der Waals surface area contributed by atoms with Crippen LogP contribution in [-0.2, 0) is 6.18 Å². The highest BCUT2D eigenvalue weighted by molar-refractivity contribution is 6.08. The third kappa shape index (κ3) is 5.67. The van der Waals surface area contributed by atoms with E-state index in [0.29, 0.717) is 5.69 Å². The largest absolute Gasteiger partial charge is 0.492 e. The van der Waals surface area contributed by atoms with Crippen LogP contribution in [0, 0.1) is 0 Å². The maximum atomic E-state index is 13.6. The van der Waals surface area contributed by atoms with Gasteiger partial charge in [-0.25, -0.2) is 4.98 Å². The summed E-state index contributed by atoms with van der Waals surface area (Å²) < 4.78 is 46.5. The Labute approximate surface area is 210 Å². The number of anilines is 3. The highest BCUT2D eigenvalue weighted by atomic mass is 19.4. The zero-order valence-electron chi connectivity index (χ0n) is 20.0. The Morgan fingerprint density at radius 2 is 2.05 bits per heavy atom. The topological polar surface area (TPSA) is 95.2 Å². The van der Waals surface area contributed by atoms with E-state index in [-0.39, 0.29) is 35.5 Å². The number of pyridine rings is 1. The Bertz CT molecular complexity index is 1420. The second-order valence-corrected chi connectivity index (χ2v) is 8.98. The van der Waals surface area contributed by atoms with E-state index in [1.807, 2.05) is 25.2 Å². The highest BCUT2D eigenvalue weighted by Crippen LogP contribution is 2.35. The molecule has 2 aromatic carbocycles. The first-order chi connectivity index (χ1) is 17.8. The van der Waals surface area contributed by atoms with Crippen molar-refractivity contribution < 1.29 is 22.7 Å². The zero-order chi connectivity index (χ0) is 26.0. The molecule has 4 aromatic rings. The number of nitrogens with zero attached hydrogens (tertiary/aromatic N) is 3. The first kappa shape index (κ1) is 24.6. The molecule has 0 bridgehead atoms. The van der Waals surface area contributed by atoms with Gasteiger partial charge in [0.25, 0.3) is 5.91 Å². The lowest BCUT2D eigenvalue weighted by Crippen LogP contribution is -2.30. The number of rotatable bonds is 7. The Morgan fingerprint density at radius 3 is 2.84 bits per heavy atom. The molecule has 0 saturated carbocycles. The Balaban J connectivity index is 1.37. The van der Waals surface area contributed by atoms with Gasteiger partial charge < -0.3 is 20.3 Å². The van der Waals surface area contributed by atoms with Gasteiger partial charge in [-0.2, -0.15) is 18.3 Å². The number of carbonyl (C=O) groups is 1. The first-order valence-electron chi connectivity index (χ1n) is 11.8. The van der Waals surface area contributed by atoms with E-state index in [0.717, 1.165) is 42.4 Å². The third-order valence-electron chi connectivity index (χ3n) is 6.36. The van der Waals surface area contributed by atoms with Crippen LogP contribution in [0.15, 0.2) is 60.9 Å². The van der Waals surface area contributed by atoms with Gasteiger partial charge in [0.2, 0.25) is 0 Å². The number of H-pyrrole nitrogens is 1. The lowest BCUT2D eigenvalue weighted by Gasteiger charge is -2.20. The van der Waals surface area contributed by atoms with Crippen molar-refractivity contribution in [2.75, 3.05) is 30.8 Å². The number of fused-ring (bicyclic) bond motifs is 1. The average molecular weight is 511 g/mol. The summed E-state index contributed by atoms with van der Waals surface area (Å²) in [5.74, 6) is -0.312. The number of nitrogens with one attached hydrogen (secondary N) is 3. The molecule has 37 heavy (non-hydrogen) atoms. The van der Waals surface area contributed by atoms with Crippen molar-refractivity contribution in [3.63, 3.8) is 0 Å². The van der Waals surface area contributed by atoms with Crippen molar-refractivity contribution in [3.8, 4) is 5.75 Å². The minimum atomic E-state index is -4.60. The Hall–Kier alpha value is -4.12. The van der Waals surface area contributed by atoms with E-state index in [9.17, 15) is 18.0 Å². The van der Waals surface area contributed by atoms with Crippen LogP contribution in [0.25, 0.3) is 10.9 Å². The zero-order valence-corrected chi connectivity index (χ0v) is 20.0. The van der Waals surface area contributed by atoms with Gasteiger partial charge in [0.15, 0.2) is 0 Å². The van der Waals surface area contributed by atoms with Crippen LogP contribution in [0.5, 0.6) is 5.75 Å². The fourth-order valence-electron chi connectivity index (χ4n) is 4.34. The van der Waals surface area contributed by atoms with E-state index in [2.05, 4.69) is 30.7 Å². The molecule has 1 aliphatic heterocycles. The van der Waals surface area contributed by atoms with Gasteiger partial charge in [0.05, 0.1) is 22.8 Å². The Kier molecular flexibility index (Phi) is 6.70. The molecule has 1 saturated heterocycles. The van der Waals surface area contributed by atoms with E-state index < -0.39 is 17.6 Å². The van der Waals surface area contributed by atoms with Gasteiger partial charge in [-0.05, 0) is 68.9 Å². The number of aromatic amines is 1. The van der Waals surface area contributed by atoms with E-state index in [1.165, 1.54) is 12.3 Å². The van der Waals surface area contributed by atoms with Crippen molar-refractivity contribution in [3.05, 3.63) is 72.1 Å². The number of amides is 1. The SMILES string of the molecule is CN1CCC[C@@H]1COc1cc(NC(=O)c2cccnc2Nc2ccc3cn[nH]c3c2)cc(C(F)(F)F)c1. The van der Waals surface area contributed by atoms with Crippen LogP contribution < -0.4 is 15.4 Å². The summed E-state index contributed by atoms with van der Waals surface area (Å²) in [5, 5.41) is 13.5. The van der Waals surface area contributed by atoms with Gasteiger partial charge >= 0.3 is 6.18 Å². The number of hydrogen-bond acceptors (Lipinski definition) is 6. The molecule has 3 N–H and O–H groups in total. The number of likely N-dealkylation sites (tertiary alicyclic amines) is 1. The maximum absolute atomic E-state index is 13.6. The molecule has 3 heterocycles. The second kappa shape index (κ2) is 10.1. The molecule has 0 aliphatic carbocycles. The van der Waals surface area contributed by atoms with Gasteiger partial charge in [-0.1, -0.05) is 0 Å². The summed E-state index contributed by atoms with van der Waals surface area (Å²) in [6, 6.07) is 12.0. The van der Waals surface area contributed by atoms with Crippen molar-refractivity contribution in [1.82, 2.24) is 20.1 Å². The summed E-state index contributed by atoms with van der Waals surface area (Å²) in [6.45, 7) is 1.19. The average Bonchev–Trinajstić information content (AvgIpc) is 3.50. The fourth-order valence-corrected chi connectivity index (χ4v) is 4.34. The molecule has 0 unspecified atom stereocenters. The number of hydrogen-bond donors (Lipinski definition) is 3. The normalized spacial score (nSPS) is 16.2. The highest BCUT2D eigenvalue weighted by Gasteiger charge is 2.32. The molecule has 2 aromatic heterocycles. The van der Waals surface area contributed by atoms with Crippen molar-refractivity contribution >= 4 is 34.0 Å². The summed E-state index contributed by atoms with van der Waals surface area (Å²) in [7, 11) is 1.96. The fraction of sp³-hybridized carbons (Fsp3) is 0.269. The molecule has 1 aliphatic rings. The number of alkyl halides is 3. The number of likely N-dealkylation sites (N-methyl/N-ethyl adjacent to an activating group) is 1. The number of halogens is 3. The molecule has 1 atom stereocenters. The number of carbonyl (C=O) groups excluding carboxylic acids is 1. The van der Waals surface area contributed by atoms with Crippen LogP contribution >= 0.6 is 0 Å². The second-order valence-electron chi connectivity index (χ2n) is 8.98. The van der Waals surface area contributed by atoms with Gasteiger partial charge in [0, 0.05) is 35.1 Å². The van der Waals surface area contributed by atoms with Crippen LogP contribution in [0.4, 0.5) is 30.4 Å². The minimum Gasteiger partial charge on any atom is -0.492 e. The molecule has 192 valence electrons. The predicted molar refractivity (Wildman–Crippen MR) is 134 cm³/mol. The number of aromatic nitrogens is 3. The predicted octanol–water partition coefficient (Wildman–Crippen LogP) is 5.45. The van der Waals surface area contributed by atoms with Gasteiger partial charge in [-0.3, -0.25) is 9.89 Å². The minimum absolute atomic E-state index is 0.0247. The molecule has 0 radical (unpaired) electrons. The van der Waals surface area contributed by atoms with E-state index >= 15 is 0 Å². The third-order valence-corrected chi connectivity index (χ3v) is 6.36. The van der Waals surface area contributed by atoms with Crippen LogP contribution in [-0.4, -0.2) is 52.2 Å². The molecule has 8 nitrogen and oxygen atoms in total. The summed E-state index contributed by atoms with van der Waals surface area (Å²) in [4.78, 5) is 19.5. The molecule has 0 spiro atoms. The van der Waals surface area contributed by atoms with Crippen LogP contribution in [0.3, 0.4) is 0 Å². The van der Waals surface area contributed by atoms with Gasteiger partial charge in [-0.15, -0.1) is 0 Å². The van der Waals surface area contributed by atoms with Crippen molar-refractivity contribution in [2.24, 2.45) is 0 Å². The lowest BCUT2D eigenvalue weighted by atomic mass is 10.1. The summed E-state index contributed by atoms with van der Waals surface area (Å²) >= 11 is 0. The first-order valence-corrected chi connectivity index (χ1v) is 11.8. The van der Waals surface area contributed by atoms with Gasteiger partial charge in [0.1, 0.15) is 18.2 Å². The number of benzene rings is 2. The summed E-state index contributed by atoms with van der Waals surface area (Å²) in [5.41, 5.74) is 0.698. The monoisotopic (exact) mass is 510 g/mol. The summed E-state index contributed by atoms with van der Waals surface area (Å²) in [6.07, 6.45) is 0.548. The molecule has 1 fully saturated rings. The molecule has 5 rings (SSSR count). The molecular formula is C26H25F3N6O2. The van der Waals surface area contributed by atoms with Crippen LogP contribution in [0.1, 0.15) is 28.8 Å². The van der Waals surface area contributed by atoms with E-state index in [1.54, 1.807) is 18.3 Å². The smallest absolute Gasteiger partial charge is 0.416 e. The van der Waals surface area contributed by atoms with Crippen molar-refractivity contribution in [2.45, 2.75) is 25.1 Å². The Morgan fingerprint density at radius 1 is 1.19 bits per heavy atom. The maximum Gasteiger partial charge on any atom is 0.416 e. The molecule has 11 heteroatoms. The standard InChI is InChI=1S/C26H25F3N6O2/c1-35-9-3-4-20(35)15-37-21-11-17(26(27,28)29)10-19(12-21)33-25(36)22-5-2-8-30-24(22)32-18-7-6-16-14-31-34-23(16)13-18/h2,5-8,10-14,20H,3-4,9,15H2,1H3,(H,30,32)(H,31,34)(H,33,36)/t20-/m1/s1. The van der Waals surface area contributed by atoms with Crippen molar-refractivity contribution in [1.29, 1.82) is 0 Å². The molecule has 1 amide bonds. The lowest BCUT2D eigenvalue weighted by molar-refractivity contribution is -0.137. The van der Waals surface area contributed by atoms with Crippen LogP contribution in [0.2, 0.25) is 0 Å². The quantitative estimate of drug-likeness (QED) is 0.306. The van der Waals surface area contributed by atoms with E-state index in [4.69, 9.17) is 4.74 Å².